The van der Waals surface area contributed by atoms with Gasteiger partial charge in [-0.2, -0.15) is 5.10 Å². The molecule has 0 bridgehead atoms. The van der Waals surface area contributed by atoms with Crippen LogP contribution in [0.25, 0.3) is 0 Å². The Balaban J connectivity index is 1.68. The number of nitrogens with zero attached hydrogens (tertiary/aromatic N) is 4. The highest BCUT2D eigenvalue weighted by Gasteiger charge is 2.11. The maximum Gasteiger partial charge on any atom is 0.255 e. The topological polar surface area (TPSA) is 63.1 Å². The highest BCUT2D eigenvalue weighted by atomic mass is 16.1. The highest BCUT2D eigenvalue weighted by Crippen LogP contribution is 2.19. The summed E-state index contributed by atoms with van der Waals surface area (Å²) in [6.45, 7) is 8.00. The number of nitrogens with one attached hydrogen (secondary N) is 1. The van der Waals surface area contributed by atoms with E-state index in [4.69, 9.17) is 0 Å². The van der Waals surface area contributed by atoms with Gasteiger partial charge in [0.05, 0.1) is 6.54 Å². The van der Waals surface area contributed by atoms with E-state index in [0.29, 0.717) is 18.2 Å². The van der Waals surface area contributed by atoms with Gasteiger partial charge in [0.15, 0.2) is 0 Å². The summed E-state index contributed by atoms with van der Waals surface area (Å²) in [7, 11) is 0. The Hall–Kier alpha value is -3.15. The van der Waals surface area contributed by atoms with Crippen LogP contribution in [0.2, 0.25) is 0 Å². The van der Waals surface area contributed by atoms with E-state index in [1.807, 2.05) is 48.5 Å². The van der Waals surface area contributed by atoms with Gasteiger partial charge >= 0.3 is 0 Å². The monoisotopic (exact) mass is 363 g/mol. The third kappa shape index (κ3) is 4.73. The molecule has 0 saturated heterocycles. The lowest BCUT2D eigenvalue weighted by molar-refractivity contribution is 0.102. The van der Waals surface area contributed by atoms with Gasteiger partial charge in [0.25, 0.3) is 5.91 Å². The summed E-state index contributed by atoms with van der Waals surface area (Å²) in [5, 5.41) is 7.07. The molecule has 0 aliphatic carbocycles. The fourth-order valence-corrected chi connectivity index (χ4v) is 3.10. The summed E-state index contributed by atoms with van der Waals surface area (Å²) in [4.78, 5) is 18.8. The van der Waals surface area contributed by atoms with Gasteiger partial charge in [-0.05, 0) is 62.7 Å². The molecule has 6 heteroatoms. The molecule has 0 atom stereocenters. The molecule has 0 saturated carbocycles. The molecular formula is C21H25N5O. The number of carbonyl (C=O) groups is 1. The molecule has 3 aromatic rings. The molecule has 1 N–H and O–H groups in total. The number of rotatable bonds is 7. The SMILES string of the molecule is CCN(c1ccc(C(=O)Nc2cccc(Cn3cncn3)c2)cc1)C(C)C. The second kappa shape index (κ2) is 8.49. The third-order valence-corrected chi connectivity index (χ3v) is 4.42. The van der Waals surface area contributed by atoms with Crippen molar-refractivity contribution in [2.45, 2.75) is 33.4 Å². The zero-order valence-electron chi connectivity index (χ0n) is 16.0. The Labute approximate surface area is 159 Å². The third-order valence-electron chi connectivity index (χ3n) is 4.42. The van der Waals surface area contributed by atoms with Crippen molar-refractivity contribution in [3.8, 4) is 0 Å². The van der Waals surface area contributed by atoms with Gasteiger partial charge in [0.2, 0.25) is 0 Å². The van der Waals surface area contributed by atoms with E-state index in [1.54, 1.807) is 11.0 Å². The molecule has 0 unspecified atom stereocenters. The fraction of sp³-hybridized carbons (Fsp3) is 0.286. The lowest BCUT2D eigenvalue weighted by Gasteiger charge is -2.27. The first-order valence-corrected chi connectivity index (χ1v) is 9.16. The Morgan fingerprint density at radius 3 is 2.59 bits per heavy atom. The average Bonchev–Trinajstić information content (AvgIpc) is 3.16. The second-order valence-electron chi connectivity index (χ2n) is 6.67. The summed E-state index contributed by atoms with van der Waals surface area (Å²) < 4.78 is 1.74. The van der Waals surface area contributed by atoms with Crippen molar-refractivity contribution in [3.63, 3.8) is 0 Å². The quantitative estimate of drug-likeness (QED) is 0.693. The van der Waals surface area contributed by atoms with E-state index in [2.05, 4.69) is 41.1 Å². The van der Waals surface area contributed by atoms with Gasteiger partial charge in [-0.3, -0.25) is 4.79 Å². The van der Waals surface area contributed by atoms with Crippen LogP contribution in [0, 0.1) is 0 Å². The van der Waals surface area contributed by atoms with Crippen LogP contribution in [0.5, 0.6) is 0 Å². The standard InChI is InChI=1S/C21H25N5O/c1-4-26(16(2)3)20-10-8-18(9-11-20)21(27)24-19-7-5-6-17(12-19)13-25-15-22-14-23-25/h5-12,14-16H,4,13H2,1-3H3,(H,24,27). The van der Waals surface area contributed by atoms with Crippen molar-refractivity contribution in [1.29, 1.82) is 0 Å². The minimum absolute atomic E-state index is 0.118. The Kier molecular flexibility index (Phi) is 5.86. The fourth-order valence-electron chi connectivity index (χ4n) is 3.10. The van der Waals surface area contributed by atoms with Crippen LogP contribution in [-0.2, 0) is 6.54 Å². The molecule has 0 fully saturated rings. The first-order chi connectivity index (χ1) is 13.1. The first kappa shape index (κ1) is 18.6. The van der Waals surface area contributed by atoms with Crippen LogP contribution < -0.4 is 10.2 Å². The van der Waals surface area contributed by atoms with Gasteiger partial charge in [-0.1, -0.05) is 12.1 Å². The predicted octanol–water partition coefficient (Wildman–Crippen LogP) is 3.81. The normalized spacial score (nSPS) is 10.8. The van der Waals surface area contributed by atoms with Gasteiger partial charge in [-0.15, -0.1) is 0 Å². The minimum Gasteiger partial charge on any atom is -0.369 e. The van der Waals surface area contributed by atoms with Crippen molar-refractivity contribution in [3.05, 3.63) is 72.3 Å². The number of hydrogen-bond acceptors (Lipinski definition) is 4. The van der Waals surface area contributed by atoms with Gasteiger partial charge in [0.1, 0.15) is 12.7 Å². The van der Waals surface area contributed by atoms with Crippen molar-refractivity contribution >= 4 is 17.3 Å². The smallest absolute Gasteiger partial charge is 0.255 e. The number of carbonyl (C=O) groups excluding carboxylic acids is 1. The molecule has 1 aromatic heterocycles. The zero-order valence-corrected chi connectivity index (χ0v) is 16.0. The summed E-state index contributed by atoms with van der Waals surface area (Å²) in [5.74, 6) is -0.118. The number of hydrogen-bond donors (Lipinski definition) is 1. The van der Waals surface area contributed by atoms with E-state index in [-0.39, 0.29) is 5.91 Å². The van der Waals surface area contributed by atoms with Crippen LogP contribution in [0.15, 0.2) is 61.2 Å². The van der Waals surface area contributed by atoms with Gasteiger partial charge < -0.3 is 10.2 Å². The Morgan fingerprint density at radius 2 is 1.96 bits per heavy atom. The molecule has 3 rings (SSSR count). The van der Waals surface area contributed by atoms with Gasteiger partial charge in [-0.25, -0.2) is 9.67 Å². The molecule has 2 aromatic carbocycles. The molecule has 0 spiro atoms. The molecular weight excluding hydrogens is 338 g/mol. The van der Waals surface area contributed by atoms with Crippen LogP contribution >= 0.6 is 0 Å². The van der Waals surface area contributed by atoms with E-state index in [9.17, 15) is 4.79 Å². The summed E-state index contributed by atoms with van der Waals surface area (Å²) in [5.41, 5.74) is 3.57. The molecule has 1 heterocycles. The highest BCUT2D eigenvalue weighted by molar-refractivity contribution is 6.04. The molecule has 27 heavy (non-hydrogen) atoms. The number of benzene rings is 2. The largest absolute Gasteiger partial charge is 0.369 e. The van der Waals surface area contributed by atoms with E-state index < -0.39 is 0 Å². The van der Waals surface area contributed by atoms with Crippen LogP contribution in [-0.4, -0.2) is 33.3 Å². The Bertz CT molecular complexity index is 872. The van der Waals surface area contributed by atoms with Crippen LogP contribution in [0.1, 0.15) is 36.7 Å². The van der Waals surface area contributed by atoms with Crippen LogP contribution in [0.3, 0.4) is 0 Å². The Morgan fingerprint density at radius 1 is 1.19 bits per heavy atom. The first-order valence-electron chi connectivity index (χ1n) is 9.16. The molecule has 0 aliphatic heterocycles. The van der Waals surface area contributed by atoms with Crippen molar-refractivity contribution in [1.82, 2.24) is 14.8 Å². The number of anilines is 2. The summed E-state index contributed by atoms with van der Waals surface area (Å²) >= 11 is 0. The minimum atomic E-state index is -0.118. The summed E-state index contributed by atoms with van der Waals surface area (Å²) in [6, 6.07) is 15.9. The van der Waals surface area contributed by atoms with E-state index in [0.717, 1.165) is 23.5 Å². The molecule has 6 nitrogen and oxygen atoms in total. The molecule has 140 valence electrons. The van der Waals surface area contributed by atoms with Crippen molar-refractivity contribution < 1.29 is 4.79 Å². The molecule has 1 amide bonds. The number of amides is 1. The van der Waals surface area contributed by atoms with Crippen molar-refractivity contribution in [2.75, 3.05) is 16.8 Å². The van der Waals surface area contributed by atoms with Crippen LogP contribution in [0.4, 0.5) is 11.4 Å². The van der Waals surface area contributed by atoms with Gasteiger partial charge in [0, 0.05) is 29.5 Å². The molecule has 0 aliphatic rings. The van der Waals surface area contributed by atoms with E-state index >= 15 is 0 Å². The zero-order chi connectivity index (χ0) is 19.2. The van der Waals surface area contributed by atoms with Crippen molar-refractivity contribution in [2.24, 2.45) is 0 Å². The lowest BCUT2D eigenvalue weighted by atomic mass is 10.1. The second-order valence-corrected chi connectivity index (χ2v) is 6.67. The maximum atomic E-state index is 12.6. The number of aromatic nitrogens is 3. The van der Waals surface area contributed by atoms with E-state index in [1.165, 1.54) is 6.33 Å². The maximum absolute atomic E-state index is 12.6. The summed E-state index contributed by atoms with van der Waals surface area (Å²) in [6.07, 6.45) is 3.18. The lowest BCUT2D eigenvalue weighted by Crippen LogP contribution is -2.30. The molecule has 0 radical (unpaired) electrons. The average molecular weight is 363 g/mol. The predicted molar refractivity (Wildman–Crippen MR) is 108 cm³/mol.